The lowest BCUT2D eigenvalue weighted by molar-refractivity contribution is 0.122. The van der Waals surface area contributed by atoms with Crippen LogP contribution in [-0.2, 0) is 4.74 Å². The van der Waals surface area contributed by atoms with Gasteiger partial charge in [-0.3, -0.25) is 9.67 Å². The first kappa shape index (κ1) is 15.8. The average Bonchev–Trinajstić information content (AvgIpc) is 3.26. The number of hydrogen-bond acceptors (Lipinski definition) is 5. The van der Waals surface area contributed by atoms with Crippen LogP contribution in [0.1, 0.15) is 12.2 Å². The fourth-order valence-corrected chi connectivity index (χ4v) is 3.03. The number of benzene rings is 1. The van der Waals surface area contributed by atoms with E-state index in [1.54, 1.807) is 24.3 Å². The van der Waals surface area contributed by atoms with Gasteiger partial charge in [-0.05, 0) is 12.1 Å². The van der Waals surface area contributed by atoms with Crippen LogP contribution in [-0.4, -0.2) is 53.2 Å². The smallest absolute Gasteiger partial charge is 0.296 e. The van der Waals surface area contributed by atoms with Crippen LogP contribution in [0.2, 0.25) is 0 Å². The fraction of sp³-hybridized carbons (Fsp3) is 0.375. The first-order valence-electron chi connectivity index (χ1n) is 7.91. The van der Waals surface area contributed by atoms with E-state index in [-0.39, 0.29) is 5.82 Å². The Bertz CT molecular complexity index is 886. The normalized spacial score (nSPS) is 15.3. The Morgan fingerprint density at radius 1 is 1.28 bits per heavy atom. The highest BCUT2D eigenvalue weighted by Gasteiger charge is 2.24. The van der Waals surface area contributed by atoms with Gasteiger partial charge in [0.25, 0.3) is 6.43 Å². The molecule has 1 saturated heterocycles. The second kappa shape index (κ2) is 6.32. The third-order valence-corrected chi connectivity index (χ3v) is 4.22. The summed E-state index contributed by atoms with van der Waals surface area (Å²) in [5.74, 6) is 1.23. The zero-order valence-corrected chi connectivity index (χ0v) is 13.6. The molecule has 132 valence electrons. The van der Waals surface area contributed by atoms with Crippen LogP contribution in [0.5, 0.6) is 5.75 Å². The number of anilines is 1. The highest BCUT2D eigenvalue weighted by atomic mass is 19.3. The van der Waals surface area contributed by atoms with Crippen molar-refractivity contribution in [2.45, 2.75) is 6.43 Å². The van der Waals surface area contributed by atoms with E-state index in [1.807, 2.05) is 4.90 Å². The molecule has 0 radical (unpaired) electrons. The largest absolute Gasteiger partial charge is 0.494 e. The average molecular weight is 349 g/mol. The molecule has 0 unspecified atom stereocenters. The lowest BCUT2D eigenvalue weighted by atomic mass is 10.3. The molecule has 2 aromatic heterocycles. The van der Waals surface area contributed by atoms with Crippen molar-refractivity contribution in [3.05, 3.63) is 30.1 Å². The van der Waals surface area contributed by atoms with Crippen molar-refractivity contribution in [2.24, 2.45) is 0 Å². The van der Waals surface area contributed by atoms with Crippen LogP contribution in [0.15, 0.2) is 24.3 Å². The highest BCUT2D eigenvalue weighted by Crippen LogP contribution is 2.32. The van der Waals surface area contributed by atoms with Gasteiger partial charge in [-0.15, -0.1) is 0 Å². The van der Waals surface area contributed by atoms with Crippen molar-refractivity contribution >= 4 is 16.9 Å². The number of methoxy groups -OCH3 is 1. The Morgan fingerprint density at radius 2 is 2.08 bits per heavy atom. The molecule has 0 bridgehead atoms. The SMILES string of the molecule is COc1cccc2c1nc(C(F)F)n2-c1cc(N2CCOCC2)n[nH]1. The Morgan fingerprint density at radius 3 is 2.80 bits per heavy atom. The molecule has 0 amide bonds. The second-order valence-corrected chi connectivity index (χ2v) is 5.64. The van der Waals surface area contributed by atoms with Crippen LogP contribution >= 0.6 is 0 Å². The summed E-state index contributed by atoms with van der Waals surface area (Å²) in [5.41, 5.74) is 0.926. The Kier molecular flexibility index (Phi) is 4.00. The van der Waals surface area contributed by atoms with Crippen LogP contribution in [0.3, 0.4) is 0 Å². The van der Waals surface area contributed by atoms with E-state index in [9.17, 15) is 8.78 Å². The molecule has 4 rings (SSSR count). The van der Waals surface area contributed by atoms with Gasteiger partial charge in [0.1, 0.15) is 17.1 Å². The van der Waals surface area contributed by atoms with Crippen molar-refractivity contribution in [2.75, 3.05) is 38.3 Å². The molecule has 25 heavy (non-hydrogen) atoms. The molecule has 0 spiro atoms. The quantitative estimate of drug-likeness (QED) is 0.784. The number of aromatic nitrogens is 4. The van der Waals surface area contributed by atoms with Crippen molar-refractivity contribution < 1.29 is 18.3 Å². The second-order valence-electron chi connectivity index (χ2n) is 5.64. The first-order valence-corrected chi connectivity index (χ1v) is 7.91. The van der Waals surface area contributed by atoms with Gasteiger partial charge >= 0.3 is 0 Å². The molecule has 3 heterocycles. The fourth-order valence-electron chi connectivity index (χ4n) is 3.03. The molecule has 0 aliphatic carbocycles. The maximum Gasteiger partial charge on any atom is 0.296 e. The standard InChI is InChI=1S/C16H17F2N5O2/c1-24-11-4-2-3-10-14(11)19-16(15(17)18)23(10)13-9-12(20-21-13)22-5-7-25-8-6-22/h2-4,9,15H,5-8H2,1H3,(H,20,21). The van der Waals surface area contributed by atoms with Crippen LogP contribution in [0.4, 0.5) is 14.6 Å². The monoisotopic (exact) mass is 349 g/mol. The van der Waals surface area contributed by atoms with Gasteiger partial charge in [0, 0.05) is 19.2 Å². The number of morpholine rings is 1. The minimum atomic E-state index is -2.73. The number of nitrogens with zero attached hydrogens (tertiary/aromatic N) is 4. The number of H-pyrrole nitrogens is 1. The molecule has 1 aromatic carbocycles. The van der Waals surface area contributed by atoms with Crippen LogP contribution in [0.25, 0.3) is 16.9 Å². The van der Waals surface area contributed by atoms with Crippen molar-refractivity contribution in [3.63, 3.8) is 0 Å². The summed E-state index contributed by atoms with van der Waals surface area (Å²) >= 11 is 0. The minimum absolute atomic E-state index is 0.350. The van der Waals surface area contributed by atoms with Gasteiger partial charge in [0.05, 0.1) is 25.8 Å². The van der Waals surface area contributed by atoms with Crippen molar-refractivity contribution in [3.8, 4) is 11.6 Å². The number of imidazole rings is 1. The molecule has 1 N–H and O–H groups in total. The maximum absolute atomic E-state index is 13.6. The summed E-state index contributed by atoms with van der Waals surface area (Å²) < 4.78 is 39.1. The Hall–Kier alpha value is -2.68. The molecular formula is C16H17F2N5O2. The molecule has 3 aromatic rings. The van der Waals surface area contributed by atoms with Gasteiger partial charge in [-0.1, -0.05) is 6.07 Å². The number of fused-ring (bicyclic) bond motifs is 1. The van der Waals surface area contributed by atoms with Crippen molar-refractivity contribution in [1.29, 1.82) is 0 Å². The number of nitrogens with one attached hydrogen (secondary N) is 1. The molecule has 0 saturated carbocycles. The van der Waals surface area contributed by atoms with E-state index >= 15 is 0 Å². The topological polar surface area (TPSA) is 68.2 Å². The predicted octanol–water partition coefficient (Wildman–Crippen LogP) is 2.53. The van der Waals surface area contributed by atoms with E-state index in [0.717, 1.165) is 0 Å². The number of ether oxygens (including phenoxy) is 2. The minimum Gasteiger partial charge on any atom is -0.494 e. The molecule has 7 nitrogen and oxygen atoms in total. The van der Waals surface area contributed by atoms with Crippen molar-refractivity contribution in [1.82, 2.24) is 19.7 Å². The third-order valence-electron chi connectivity index (χ3n) is 4.22. The van der Waals surface area contributed by atoms with Crippen LogP contribution in [0, 0.1) is 0 Å². The third kappa shape index (κ3) is 2.70. The summed E-state index contributed by atoms with van der Waals surface area (Å²) in [6.45, 7) is 2.67. The molecule has 9 heteroatoms. The van der Waals surface area contributed by atoms with E-state index in [1.165, 1.54) is 11.7 Å². The molecule has 1 aliphatic rings. The zero-order chi connectivity index (χ0) is 17.4. The van der Waals surface area contributed by atoms with E-state index in [4.69, 9.17) is 9.47 Å². The molecular weight excluding hydrogens is 332 g/mol. The molecule has 1 fully saturated rings. The van der Waals surface area contributed by atoms with E-state index < -0.39 is 6.43 Å². The maximum atomic E-state index is 13.6. The molecule has 1 aliphatic heterocycles. The zero-order valence-electron chi connectivity index (χ0n) is 13.6. The van der Waals surface area contributed by atoms with Gasteiger partial charge < -0.3 is 14.4 Å². The first-order chi connectivity index (χ1) is 12.2. The summed E-state index contributed by atoms with van der Waals surface area (Å²) in [7, 11) is 1.49. The Labute approximate surface area is 142 Å². The number of hydrogen-bond donors (Lipinski definition) is 1. The van der Waals surface area contributed by atoms with E-state index in [0.29, 0.717) is 54.7 Å². The predicted molar refractivity (Wildman–Crippen MR) is 87.8 cm³/mol. The molecule has 0 atom stereocenters. The number of rotatable bonds is 4. The lowest BCUT2D eigenvalue weighted by Gasteiger charge is -2.26. The summed E-state index contributed by atoms with van der Waals surface area (Å²) in [4.78, 5) is 6.13. The number of halogens is 2. The number of alkyl halides is 2. The van der Waals surface area contributed by atoms with Gasteiger partial charge in [0.2, 0.25) is 0 Å². The van der Waals surface area contributed by atoms with Gasteiger partial charge in [0.15, 0.2) is 11.6 Å². The lowest BCUT2D eigenvalue weighted by Crippen LogP contribution is -2.36. The summed E-state index contributed by atoms with van der Waals surface area (Å²) in [6.07, 6.45) is -2.73. The Balaban J connectivity index is 1.83. The van der Waals surface area contributed by atoms with Gasteiger partial charge in [-0.25, -0.2) is 13.8 Å². The van der Waals surface area contributed by atoms with Gasteiger partial charge in [-0.2, -0.15) is 5.10 Å². The summed E-state index contributed by atoms with van der Waals surface area (Å²) in [6, 6.07) is 6.92. The van der Waals surface area contributed by atoms with Crippen LogP contribution < -0.4 is 9.64 Å². The summed E-state index contributed by atoms with van der Waals surface area (Å²) in [5, 5.41) is 7.11. The number of aromatic amines is 1. The number of para-hydroxylation sites is 1. The van der Waals surface area contributed by atoms with E-state index in [2.05, 4.69) is 15.2 Å². The highest BCUT2D eigenvalue weighted by molar-refractivity contribution is 5.84.